The molecule has 2 rings (SSSR count). The zero-order chi connectivity index (χ0) is 16.9. The monoisotopic (exact) mass is 312 g/mol. The van der Waals surface area contributed by atoms with Crippen molar-refractivity contribution >= 4 is 0 Å². The molecule has 1 atom stereocenters. The smallest absolute Gasteiger partial charge is 0.129 e. The van der Waals surface area contributed by atoms with Crippen LogP contribution in [0.25, 0.3) is 0 Å². The number of hydrogen-bond acceptors (Lipinski definition) is 2. The largest absolute Gasteiger partial charge is 0.493 e. The molecule has 0 fully saturated rings. The molecule has 0 spiro atoms. The van der Waals surface area contributed by atoms with Crippen molar-refractivity contribution < 1.29 is 9.84 Å². The van der Waals surface area contributed by atoms with Crippen LogP contribution in [-0.4, -0.2) is 11.7 Å². The molecule has 0 heterocycles. The summed E-state index contributed by atoms with van der Waals surface area (Å²) in [4.78, 5) is 0. The molecule has 1 N–H and O–H groups in total. The summed E-state index contributed by atoms with van der Waals surface area (Å²) >= 11 is 0. The number of benzene rings is 2. The molecule has 0 saturated carbocycles. The van der Waals surface area contributed by atoms with Crippen LogP contribution in [0.3, 0.4) is 0 Å². The molecule has 0 amide bonds. The lowest BCUT2D eigenvalue weighted by Crippen LogP contribution is -2.16. The van der Waals surface area contributed by atoms with Gasteiger partial charge in [-0.1, -0.05) is 82.6 Å². The first-order valence-corrected chi connectivity index (χ1v) is 8.44. The van der Waals surface area contributed by atoms with Gasteiger partial charge in [-0.05, 0) is 23.0 Å². The third-order valence-corrected chi connectivity index (χ3v) is 4.01. The van der Waals surface area contributed by atoms with E-state index in [1.807, 2.05) is 42.5 Å². The van der Waals surface area contributed by atoms with E-state index in [2.05, 4.69) is 33.8 Å². The van der Waals surface area contributed by atoms with E-state index in [-0.39, 0.29) is 5.41 Å². The van der Waals surface area contributed by atoms with E-state index in [1.54, 1.807) is 0 Å². The van der Waals surface area contributed by atoms with Gasteiger partial charge >= 0.3 is 0 Å². The lowest BCUT2D eigenvalue weighted by molar-refractivity contribution is 0.209. The first-order valence-electron chi connectivity index (χ1n) is 8.44. The Balaban J connectivity index is 2.45. The van der Waals surface area contributed by atoms with Crippen LogP contribution in [0.2, 0.25) is 0 Å². The second-order valence-electron chi connectivity index (χ2n) is 6.99. The lowest BCUT2D eigenvalue weighted by atomic mass is 9.84. The molecule has 0 bridgehead atoms. The number of para-hydroxylation sites is 1. The average Bonchev–Trinajstić information content (AvgIpc) is 2.54. The van der Waals surface area contributed by atoms with E-state index < -0.39 is 6.10 Å². The molecule has 1 unspecified atom stereocenters. The van der Waals surface area contributed by atoms with Crippen molar-refractivity contribution in [3.05, 3.63) is 65.2 Å². The van der Waals surface area contributed by atoms with Gasteiger partial charge < -0.3 is 9.84 Å². The Kier molecular flexibility index (Phi) is 5.84. The number of aliphatic hydroxyl groups is 1. The summed E-state index contributed by atoms with van der Waals surface area (Å²) in [5, 5.41) is 10.8. The van der Waals surface area contributed by atoms with Crippen molar-refractivity contribution in [2.24, 2.45) is 0 Å². The molecule has 0 aliphatic carbocycles. The molecule has 0 aliphatic rings. The van der Waals surface area contributed by atoms with Crippen LogP contribution in [0, 0.1) is 0 Å². The fourth-order valence-corrected chi connectivity index (χ4v) is 2.66. The summed E-state index contributed by atoms with van der Waals surface area (Å²) in [6.07, 6.45) is 1.43. The fraction of sp³-hybridized carbons (Fsp3) is 0.429. The van der Waals surface area contributed by atoms with Crippen molar-refractivity contribution in [1.82, 2.24) is 0 Å². The van der Waals surface area contributed by atoms with Crippen LogP contribution in [0.5, 0.6) is 5.75 Å². The number of unbranched alkanes of at least 4 members (excludes halogenated alkanes) is 1. The quantitative estimate of drug-likeness (QED) is 0.739. The SMILES string of the molecule is CCCCOc1c(C(O)c2ccccc2)cccc1C(C)(C)C. The van der Waals surface area contributed by atoms with Crippen molar-refractivity contribution in [2.75, 3.05) is 6.61 Å². The summed E-state index contributed by atoms with van der Waals surface area (Å²) in [6.45, 7) is 9.35. The molecule has 23 heavy (non-hydrogen) atoms. The van der Waals surface area contributed by atoms with E-state index in [9.17, 15) is 5.11 Å². The lowest BCUT2D eigenvalue weighted by Gasteiger charge is -2.26. The Hall–Kier alpha value is -1.80. The van der Waals surface area contributed by atoms with E-state index in [4.69, 9.17) is 4.74 Å². The van der Waals surface area contributed by atoms with Gasteiger partial charge in [-0.2, -0.15) is 0 Å². The Bertz CT molecular complexity index is 611. The van der Waals surface area contributed by atoms with Gasteiger partial charge in [0.15, 0.2) is 0 Å². The van der Waals surface area contributed by atoms with Crippen molar-refractivity contribution in [1.29, 1.82) is 0 Å². The predicted octanol–water partition coefficient (Wildman–Crippen LogP) is 5.24. The summed E-state index contributed by atoms with van der Waals surface area (Å²) in [5.74, 6) is 0.838. The topological polar surface area (TPSA) is 29.5 Å². The molecule has 124 valence electrons. The van der Waals surface area contributed by atoms with Crippen molar-refractivity contribution in [3.63, 3.8) is 0 Å². The number of ether oxygens (including phenoxy) is 1. The number of rotatable bonds is 6. The molecule has 0 radical (unpaired) electrons. The van der Waals surface area contributed by atoms with E-state index >= 15 is 0 Å². The highest BCUT2D eigenvalue weighted by atomic mass is 16.5. The highest BCUT2D eigenvalue weighted by molar-refractivity contribution is 5.48. The van der Waals surface area contributed by atoms with Gasteiger partial charge in [-0.3, -0.25) is 0 Å². The van der Waals surface area contributed by atoms with Crippen LogP contribution in [0.15, 0.2) is 48.5 Å². The zero-order valence-electron chi connectivity index (χ0n) is 14.7. The summed E-state index contributed by atoms with van der Waals surface area (Å²) in [7, 11) is 0. The molecule has 0 aromatic heterocycles. The summed E-state index contributed by atoms with van der Waals surface area (Å²) in [5.41, 5.74) is 2.84. The van der Waals surface area contributed by atoms with Crippen molar-refractivity contribution in [2.45, 2.75) is 52.1 Å². The van der Waals surface area contributed by atoms with Gasteiger partial charge in [0, 0.05) is 5.56 Å². The van der Waals surface area contributed by atoms with Gasteiger partial charge in [-0.25, -0.2) is 0 Å². The second kappa shape index (κ2) is 7.65. The minimum Gasteiger partial charge on any atom is -0.493 e. The minimum atomic E-state index is -0.671. The number of hydrogen-bond donors (Lipinski definition) is 1. The second-order valence-corrected chi connectivity index (χ2v) is 6.99. The third-order valence-electron chi connectivity index (χ3n) is 4.01. The van der Waals surface area contributed by atoms with Crippen LogP contribution in [0.1, 0.15) is 63.3 Å². The molecule has 2 nitrogen and oxygen atoms in total. The van der Waals surface area contributed by atoms with Gasteiger partial charge in [0.25, 0.3) is 0 Å². The maximum atomic E-state index is 10.8. The van der Waals surface area contributed by atoms with Crippen LogP contribution in [0.4, 0.5) is 0 Å². The van der Waals surface area contributed by atoms with Crippen molar-refractivity contribution in [3.8, 4) is 5.75 Å². The van der Waals surface area contributed by atoms with Gasteiger partial charge in [0.05, 0.1) is 6.61 Å². The Labute approximate surface area is 140 Å². The third kappa shape index (κ3) is 4.35. The first kappa shape index (κ1) is 17.6. The Morgan fingerprint density at radius 3 is 2.30 bits per heavy atom. The minimum absolute atomic E-state index is 0.0338. The Morgan fingerprint density at radius 2 is 1.70 bits per heavy atom. The highest BCUT2D eigenvalue weighted by Gasteiger charge is 2.24. The number of aliphatic hydroxyl groups excluding tert-OH is 1. The summed E-state index contributed by atoms with van der Waals surface area (Å²) in [6, 6.07) is 15.8. The van der Waals surface area contributed by atoms with Gasteiger partial charge in [-0.15, -0.1) is 0 Å². The molecule has 2 aromatic carbocycles. The maximum absolute atomic E-state index is 10.8. The van der Waals surface area contributed by atoms with E-state index in [0.29, 0.717) is 6.61 Å². The van der Waals surface area contributed by atoms with Crippen LogP contribution < -0.4 is 4.74 Å². The average molecular weight is 312 g/mol. The normalized spacial score (nSPS) is 12.9. The molecular weight excluding hydrogens is 284 g/mol. The highest BCUT2D eigenvalue weighted by Crippen LogP contribution is 2.38. The van der Waals surface area contributed by atoms with Crippen LogP contribution in [-0.2, 0) is 5.41 Å². The standard InChI is InChI=1S/C21H28O2/c1-5-6-15-23-20-17(13-10-14-18(20)21(2,3)4)19(22)16-11-8-7-9-12-16/h7-14,19,22H,5-6,15H2,1-4H3. The molecule has 0 aliphatic heterocycles. The van der Waals surface area contributed by atoms with E-state index in [0.717, 1.165) is 35.3 Å². The molecule has 2 aromatic rings. The predicted molar refractivity (Wildman–Crippen MR) is 96.0 cm³/mol. The molecular formula is C21H28O2. The first-order chi connectivity index (χ1) is 10.9. The maximum Gasteiger partial charge on any atom is 0.129 e. The Morgan fingerprint density at radius 1 is 1.00 bits per heavy atom. The molecule has 0 saturated heterocycles. The van der Waals surface area contributed by atoms with E-state index in [1.165, 1.54) is 0 Å². The van der Waals surface area contributed by atoms with Gasteiger partial charge in [0.1, 0.15) is 11.9 Å². The molecule has 2 heteroatoms. The van der Waals surface area contributed by atoms with Gasteiger partial charge in [0.2, 0.25) is 0 Å². The summed E-state index contributed by atoms with van der Waals surface area (Å²) < 4.78 is 6.12. The fourth-order valence-electron chi connectivity index (χ4n) is 2.66. The van der Waals surface area contributed by atoms with Crippen LogP contribution >= 0.6 is 0 Å². The zero-order valence-corrected chi connectivity index (χ0v) is 14.7.